The fraction of sp³-hybridized carbons (Fsp3) is 0.150. The van der Waals surface area contributed by atoms with Gasteiger partial charge in [-0.25, -0.2) is 9.67 Å². The lowest BCUT2D eigenvalue weighted by Crippen LogP contribution is -2.05. The molecule has 2 heterocycles. The van der Waals surface area contributed by atoms with Crippen LogP contribution in [0.4, 0.5) is 0 Å². The van der Waals surface area contributed by atoms with Gasteiger partial charge in [0.2, 0.25) is 0 Å². The van der Waals surface area contributed by atoms with Gasteiger partial charge in [-0.1, -0.05) is 11.6 Å². The Labute approximate surface area is 165 Å². The smallest absolute Gasteiger partial charge is 0.303 e. The van der Waals surface area contributed by atoms with Crippen molar-refractivity contribution in [1.82, 2.24) is 24.7 Å². The maximum absolute atomic E-state index is 10.9. The van der Waals surface area contributed by atoms with Gasteiger partial charge in [0.25, 0.3) is 0 Å². The number of aromatic nitrogens is 5. The molecule has 1 N–H and O–H groups in total. The Hall–Kier alpha value is -3.32. The molecule has 0 amide bonds. The number of nitrogens with zero attached hydrogens (tertiary/aromatic N) is 5. The fourth-order valence-corrected chi connectivity index (χ4v) is 3.04. The molecule has 2 aromatic carbocycles. The lowest BCUT2D eigenvalue weighted by Gasteiger charge is -2.05. The normalized spacial score (nSPS) is 11.0. The van der Waals surface area contributed by atoms with Crippen molar-refractivity contribution >= 4 is 28.6 Å². The van der Waals surface area contributed by atoms with Crippen molar-refractivity contribution in [2.24, 2.45) is 0 Å². The highest BCUT2D eigenvalue weighted by molar-refractivity contribution is 6.30. The van der Waals surface area contributed by atoms with Crippen LogP contribution in [0.1, 0.15) is 12.8 Å². The van der Waals surface area contributed by atoms with Gasteiger partial charge in [-0.2, -0.15) is 5.10 Å². The van der Waals surface area contributed by atoms with Crippen molar-refractivity contribution in [2.45, 2.75) is 19.4 Å². The van der Waals surface area contributed by atoms with Crippen LogP contribution in [0.2, 0.25) is 5.02 Å². The molecule has 0 spiro atoms. The molecule has 140 valence electrons. The first-order chi connectivity index (χ1) is 13.6. The van der Waals surface area contributed by atoms with Crippen molar-refractivity contribution in [3.05, 3.63) is 59.9 Å². The molecule has 0 bridgehead atoms. The maximum Gasteiger partial charge on any atom is 0.303 e. The van der Waals surface area contributed by atoms with E-state index in [9.17, 15) is 4.79 Å². The molecular formula is C20H16ClN5O2. The highest BCUT2D eigenvalue weighted by Crippen LogP contribution is 2.25. The predicted molar refractivity (Wildman–Crippen MR) is 106 cm³/mol. The van der Waals surface area contributed by atoms with E-state index in [4.69, 9.17) is 21.7 Å². The summed E-state index contributed by atoms with van der Waals surface area (Å²) in [6.07, 6.45) is 3.82. The Kier molecular flexibility index (Phi) is 4.99. The quantitative estimate of drug-likeness (QED) is 0.530. The zero-order valence-corrected chi connectivity index (χ0v) is 15.5. The molecule has 0 fully saturated rings. The van der Waals surface area contributed by atoms with Crippen LogP contribution in [-0.2, 0) is 11.3 Å². The van der Waals surface area contributed by atoms with Crippen molar-refractivity contribution in [3.63, 3.8) is 0 Å². The fourth-order valence-electron chi connectivity index (χ4n) is 2.92. The second kappa shape index (κ2) is 7.74. The Morgan fingerprint density at radius 2 is 1.71 bits per heavy atom. The second-order valence-electron chi connectivity index (χ2n) is 6.25. The summed E-state index contributed by atoms with van der Waals surface area (Å²) in [5.41, 5.74) is 3.24. The summed E-state index contributed by atoms with van der Waals surface area (Å²) in [5, 5.41) is 14.2. The predicted octanol–water partition coefficient (Wildman–Crippen LogP) is 4.07. The first kappa shape index (κ1) is 18.1. The van der Waals surface area contributed by atoms with Gasteiger partial charge < -0.3 is 5.11 Å². The lowest BCUT2D eigenvalue weighted by atomic mass is 10.2. The number of aliphatic carboxylic acids is 1. The van der Waals surface area contributed by atoms with Gasteiger partial charge in [0.1, 0.15) is 0 Å². The number of carbonyl (C=O) groups is 1. The summed E-state index contributed by atoms with van der Waals surface area (Å²) < 4.78 is 1.74. The Morgan fingerprint density at radius 1 is 1.00 bits per heavy atom. The molecule has 0 saturated carbocycles. The van der Waals surface area contributed by atoms with Crippen molar-refractivity contribution < 1.29 is 9.90 Å². The molecule has 0 saturated heterocycles. The molecule has 0 aliphatic rings. The number of halogens is 1. The standard InChI is InChI=1S/C20H16ClN5O2/c21-15-6-3-13(4-7-15)20-24-19(25-26(20)11-1-2-18(27)28)14-5-8-16-17(12-14)23-10-9-22-16/h3-10,12H,1-2,11H2,(H,27,28). The third kappa shape index (κ3) is 3.84. The van der Waals surface area contributed by atoms with E-state index in [-0.39, 0.29) is 6.42 Å². The molecule has 4 rings (SSSR count). The van der Waals surface area contributed by atoms with Crippen molar-refractivity contribution in [1.29, 1.82) is 0 Å². The Morgan fingerprint density at radius 3 is 2.46 bits per heavy atom. The highest BCUT2D eigenvalue weighted by atomic mass is 35.5. The van der Waals surface area contributed by atoms with Crippen molar-refractivity contribution in [3.8, 4) is 22.8 Å². The summed E-state index contributed by atoms with van der Waals surface area (Å²) in [6, 6.07) is 13.0. The van der Waals surface area contributed by atoms with E-state index in [1.54, 1.807) is 29.2 Å². The summed E-state index contributed by atoms with van der Waals surface area (Å²) in [6.45, 7) is 0.449. The number of carboxylic acid groups (broad SMARTS) is 1. The number of rotatable bonds is 6. The molecule has 0 aliphatic carbocycles. The van der Waals surface area contributed by atoms with Gasteiger partial charge in [-0.05, 0) is 48.9 Å². The van der Waals surface area contributed by atoms with E-state index in [2.05, 4.69) is 15.1 Å². The molecule has 28 heavy (non-hydrogen) atoms. The molecule has 4 aromatic rings. The molecule has 0 radical (unpaired) electrons. The third-order valence-electron chi connectivity index (χ3n) is 4.26. The van der Waals surface area contributed by atoms with E-state index in [1.165, 1.54) is 0 Å². The molecule has 0 unspecified atom stereocenters. The number of fused-ring (bicyclic) bond motifs is 1. The monoisotopic (exact) mass is 393 g/mol. The van der Waals surface area contributed by atoms with Gasteiger partial charge in [-0.3, -0.25) is 14.8 Å². The van der Waals surface area contributed by atoms with Crippen molar-refractivity contribution in [2.75, 3.05) is 0 Å². The van der Waals surface area contributed by atoms with Crippen LogP contribution < -0.4 is 0 Å². The number of carboxylic acids is 1. The summed E-state index contributed by atoms with van der Waals surface area (Å²) in [5.74, 6) is 0.380. The summed E-state index contributed by atoms with van der Waals surface area (Å²) in [4.78, 5) is 24.2. The minimum atomic E-state index is -0.832. The zero-order valence-electron chi connectivity index (χ0n) is 14.8. The van der Waals surface area contributed by atoms with E-state index < -0.39 is 5.97 Å². The molecule has 8 heteroatoms. The van der Waals surface area contributed by atoms with Gasteiger partial charge >= 0.3 is 5.97 Å². The van der Waals surface area contributed by atoms with Crippen LogP contribution in [-0.4, -0.2) is 35.8 Å². The average Bonchev–Trinajstić information content (AvgIpc) is 3.12. The minimum absolute atomic E-state index is 0.0703. The van der Waals surface area contributed by atoms with Gasteiger partial charge in [-0.15, -0.1) is 0 Å². The molecule has 0 aliphatic heterocycles. The van der Waals surface area contributed by atoms with Gasteiger partial charge in [0, 0.05) is 41.5 Å². The highest BCUT2D eigenvalue weighted by Gasteiger charge is 2.14. The van der Waals surface area contributed by atoms with Gasteiger partial charge in [0.15, 0.2) is 11.6 Å². The lowest BCUT2D eigenvalue weighted by molar-refractivity contribution is -0.137. The topological polar surface area (TPSA) is 93.8 Å². The number of hydrogen-bond acceptors (Lipinski definition) is 5. The second-order valence-corrected chi connectivity index (χ2v) is 6.68. The van der Waals surface area contributed by atoms with E-state index in [0.717, 1.165) is 22.2 Å². The molecule has 2 aromatic heterocycles. The van der Waals surface area contributed by atoms with Crippen LogP contribution >= 0.6 is 11.6 Å². The zero-order chi connectivity index (χ0) is 19.5. The Bertz CT molecular complexity index is 1140. The van der Waals surface area contributed by atoms with Crippen LogP contribution in [0.15, 0.2) is 54.9 Å². The van der Waals surface area contributed by atoms with Crippen LogP contribution in [0.3, 0.4) is 0 Å². The van der Waals surface area contributed by atoms with E-state index in [0.29, 0.717) is 29.6 Å². The van der Waals surface area contributed by atoms with Crippen LogP contribution in [0.5, 0.6) is 0 Å². The largest absolute Gasteiger partial charge is 0.481 e. The maximum atomic E-state index is 10.9. The first-order valence-corrected chi connectivity index (χ1v) is 9.12. The van der Waals surface area contributed by atoms with Gasteiger partial charge in [0.05, 0.1) is 11.0 Å². The third-order valence-corrected chi connectivity index (χ3v) is 4.51. The van der Waals surface area contributed by atoms with Crippen LogP contribution in [0.25, 0.3) is 33.8 Å². The number of benzene rings is 2. The summed E-state index contributed by atoms with van der Waals surface area (Å²) >= 11 is 5.99. The number of aryl methyl sites for hydroxylation is 1. The molecular weight excluding hydrogens is 378 g/mol. The SMILES string of the molecule is O=C(O)CCCn1nc(-c2ccc3nccnc3c2)nc1-c1ccc(Cl)cc1. The summed E-state index contributed by atoms with van der Waals surface area (Å²) in [7, 11) is 0. The molecule has 7 nitrogen and oxygen atoms in total. The molecule has 0 atom stereocenters. The minimum Gasteiger partial charge on any atom is -0.481 e. The van der Waals surface area contributed by atoms with E-state index >= 15 is 0 Å². The Balaban J connectivity index is 1.74. The van der Waals surface area contributed by atoms with E-state index in [1.807, 2.05) is 30.3 Å². The first-order valence-electron chi connectivity index (χ1n) is 8.74. The average molecular weight is 394 g/mol. The number of hydrogen-bond donors (Lipinski definition) is 1. The van der Waals surface area contributed by atoms with Crippen LogP contribution in [0, 0.1) is 0 Å².